The van der Waals surface area contributed by atoms with Crippen molar-refractivity contribution in [2.24, 2.45) is 0 Å². The molecule has 2 aromatic heterocycles. The van der Waals surface area contributed by atoms with E-state index in [0.717, 1.165) is 22.3 Å². The summed E-state index contributed by atoms with van der Waals surface area (Å²) in [5.74, 6) is 0.895. The van der Waals surface area contributed by atoms with E-state index in [4.69, 9.17) is 4.98 Å². The normalized spacial score (nSPS) is 12.2. The van der Waals surface area contributed by atoms with E-state index in [1.165, 1.54) is 27.1 Å². The summed E-state index contributed by atoms with van der Waals surface area (Å²) in [6, 6.07) is 25.6. The van der Waals surface area contributed by atoms with Crippen molar-refractivity contribution >= 4 is 49.4 Å². The number of benzene rings is 4. The van der Waals surface area contributed by atoms with Gasteiger partial charge in [-0.2, -0.15) is 0 Å². The number of nitrogens with zero attached hydrogens (tertiary/aromatic N) is 2. The zero-order chi connectivity index (χ0) is 15.7. The molecule has 3 nitrogen and oxygen atoms in total. The summed E-state index contributed by atoms with van der Waals surface area (Å²) in [7, 11) is 0. The van der Waals surface area contributed by atoms with E-state index >= 15 is 0 Å². The minimum atomic E-state index is 0.895. The fraction of sp³-hybridized carbons (Fsp3) is 0. The van der Waals surface area contributed by atoms with Crippen LogP contribution >= 0.6 is 0 Å². The van der Waals surface area contributed by atoms with Gasteiger partial charge in [-0.15, -0.1) is 0 Å². The molecule has 24 heavy (non-hydrogen) atoms. The van der Waals surface area contributed by atoms with Crippen LogP contribution in [0.3, 0.4) is 0 Å². The largest absolute Gasteiger partial charge is 0.323 e. The van der Waals surface area contributed by atoms with Crippen LogP contribution in [-0.2, 0) is 0 Å². The highest BCUT2D eigenvalue weighted by molar-refractivity contribution is 6.07. The molecule has 0 unspecified atom stereocenters. The SMILES string of the molecule is c1ccc2cc3c(cc2c1)[nH]c1nc2c4ccccc4ccc2n13. The van der Waals surface area contributed by atoms with Crippen LogP contribution in [-0.4, -0.2) is 14.4 Å². The molecule has 0 bridgehead atoms. The molecule has 6 aromatic rings. The number of hydrogen-bond acceptors (Lipinski definition) is 1. The summed E-state index contributed by atoms with van der Waals surface area (Å²) in [6.07, 6.45) is 0. The lowest BCUT2D eigenvalue weighted by atomic mass is 10.1. The van der Waals surface area contributed by atoms with Gasteiger partial charge >= 0.3 is 0 Å². The van der Waals surface area contributed by atoms with Gasteiger partial charge in [0.05, 0.1) is 22.1 Å². The number of hydrogen-bond donors (Lipinski definition) is 1. The van der Waals surface area contributed by atoms with Crippen LogP contribution in [0.5, 0.6) is 0 Å². The lowest BCUT2D eigenvalue weighted by Gasteiger charge is -2.01. The van der Waals surface area contributed by atoms with E-state index in [0.29, 0.717) is 0 Å². The molecule has 0 spiro atoms. The third kappa shape index (κ3) is 1.44. The van der Waals surface area contributed by atoms with E-state index in [9.17, 15) is 0 Å². The smallest absolute Gasteiger partial charge is 0.213 e. The van der Waals surface area contributed by atoms with Crippen molar-refractivity contribution in [3.63, 3.8) is 0 Å². The van der Waals surface area contributed by atoms with Crippen LogP contribution in [0.25, 0.3) is 49.4 Å². The molecule has 0 radical (unpaired) electrons. The molecule has 112 valence electrons. The highest BCUT2D eigenvalue weighted by Crippen LogP contribution is 2.30. The molecular weight excluding hydrogens is 294 g/mol. The van der Waals surface area contributed by atoms with Crippen molar-refractivity contribution in [2.75, 3.05) is 0 Å². The van der Waals surface area contributed by atoms with Crippen molar-refractivity contribution in [2.45, 2.75) is 0 Å². The molecule has 0 aliphatic heterocycles. The lowest BCUT2D eigenvalue weighted by Crippen LogP contribution is -1.82. The topological polar surface area (TPSA) is 33.1 Å². The highest BCUT2D eigenvalue weighted by atomic mass is 15.1. The number of aromatic amines is 1. The molecule has 1 N–H and O–H groups in total. The third-order valence-corrected chi connectivity index (χ3v) is 4.90. The van der Waals surface area contributed by atoms with Crippen LogP contribution in [0.15, 0.2) is 72.8 Å². The molecule has 0 amide bonds. The second-order valence-corrected chi connectivity index (χ2v) is 6.27. The lowest BCUT2D eigenvalue weighted by molar-refractivity contribution is 1.28. The molecule has 0 saturated carbocycles. The number of aromatic nitrogens is 3. The molecule has 0 fully saturated rings. The van der Waals surface area contributed by atoms with Gasteiger partial charge in [-0.05, 0) is 34.4 Å². The molecule has 6 rings (SSSR count). The summed E-state index contributed by atoms with van der Waals surface area (Å²) >= 11 is 0. The van der Waals surface area contributed by atoms with E-state index in [2.05, 4.69) is 82.2 Å². The predicted octanol–water partition coefficient (Wildman–Crippen LogP) is 5.28. The van der Waals surface area contributed by atoms with E-state index in [1.807, 2.05) is 0 Å². The molecule has 0 saturated heterocycles. The van der Waals surface area contributed by atoms with Crippen molar-refractivity contribution in [1.29, 1.82) is 0 Å². The molecule has 2 heterocycles. The van der Waals surface area contributed by atoms with Gasteiger partial charge in [-0.25, -0.2) is 4.98 Å². The number of rotatable bonds is 0. The summed E-state index contributed by atoms with van der Waals surface area (Å²) in [6.45, 7) is 0. The van der Waals surface area contributed by atoms with Crippen molar-refractivity contribution < 1.29 is 0 Å². The van der Waals surface area contributed by atoms with Gasteiger partial charge in [-0.3, -0.25) is 4.40 Å². The van der Waals surface area contributed by atoms with Gasteiger partial charge in [-0.1, -0.05) is 54.6 Å². The third-order valence-electron chi connectivity index (χ3n) is 4.90. The standard InChI is InChI=1S/C21H13N3/c1-2-7-15-12-19-17(11-14(15)6-1)22-21-23-20-16-8-4-3-5-13(16)9-10-18(20)24(19)21/h1-12H,(H,22,23). The Morgan fingerprint density at radius 1 is 0.708 bits per heavy atom. The molecule has 0 aliphatic rings. The minimum Gasteiger partial charge on any atom is -0.323 e. The van der Waals surface area contributed by atoms with Crippen LogP contribution < -0.4 is 0 Å². The quantitative estimate of drug-likeness (QED) is 0.407. The Kier molecular flexibility index (Phi) is 2.10. The van der Waals surface area contributed by atoms with E-state index < -0.39 is 0 Å². The van der Waals surface area contributed by atoms with Crippen LogP contribution in [0.1, 0.15) is 0 Å². The van der Waals surface area contributed by atoms with E-state index in [-0.39, 0.29) is 0 Å². The van der Waals surface area contributed by atoms with Gasteiger partial charge in [0.15, 0.2) is 0 Å². The maximum Gasteiger partial charge on any atom is 0.213 e. The molecular formula is C21H13N3. The predicted molar refractivity (Wildman–Crippen MR) is 99.6 cm³/mol. The maximum absolute atomic E-state index is 4.88. The average Bonchev–Trinajstić information content (AvgIpc) is 3.15. The number of imidazole rings is 2. The first-order chi connectivity index (χ1) is 11.9. The zero-order valence-electron chi connectivity index (χ0n) is 12.8. The summed E-state index contributed by atoms with van der Waals surface area (Å²) in [5.41, 5.74) is 4.48. The van der Waals surface area contributed by atoms with Gasteiger partial charge < -0.3 is 4.98 Å². The van der Waals surface area contributed by atoms with E-state index in [1.54, 1.807) is 0 Å². The second-order valence-electron chi connectivity index (χ2n) is 6.27. The van der Waals surface area contributed by atoms with Crippen LogP contribution in [0.2, 0.25) is 0 Å². The van der Waals surface area contributed by atoms with Gasteiger partial charge in [0.2, 0.25) is 5.78 Å². The maximum atomic E-state index is 4.88. The minimum absolute atomic E-state index is 0.895. The number of H-pyrrole nitrogens is 1. The molecule has 0 atom stereocenters. The number of fused-ring (bicyclic) bond motifs is 8. The molecule has 0 aliphatic carbocycles. The fourth-order valence-electron chi connectivity index (χ4n) is 3.77. The highest BCUT2D eigenvalue weighted by Gasteiger charge is 2.13. The average molecular weight is 307 g/mol. The fourth-order valence-corrected chi connectivity index (χ4v) is 3.77. The Hall–Kier alpha value is -3.33. The Labute approximate surface area is 137 Å². The van der Waals surface area contributed by atoms with Gasteiger partial charge in [0.25, 0.3) is 0 Å². The summed E-state index contributed by atoms with van der Waals surface area (Å²) < 4.78 is 2.23. The summed E-state index contributed by atoms with van der Waals surface area (Å²) in [4.78, 5) is 8.35. The molecule has 4 aromatic carbocycles. The first-order valence-corrected chi connectivity index (χ1v) is 8.09. The van der Waals surface area contributed by atoms with Crippen molar-refractivity contribution in [1.82, 2.24) is 14.4 Å². The number of nitrogens with one attached hydrogen (secondary N) is 1. The second kappa shape index (κ2) is 4.15. The Balaban J connectivity index is 1.85. The van der Waals surface area contributed by atoms with Crippen LogP contribution in [0, 0.1) is 0 Å². The Bertz CT molecular complexity index is 1390. The first kappa shape index (κ1) is 12.1. The van der Waals surface area contributed by atoms with Crippen molar-refractivity contribution in [3.05, 3.63) is 72.8 Å². The molecule has 3 heteroatoms. The Morgan fingerprint density at radius 2 is 1.46 bits per heavy atom. The first-order valence-electron chi connectivity index (χ1n) is 8.09. The van der Waals surface area contributed by atoms with Gasteiger partial charge in [0, 0.05) is 5.39 Å². The van der Waals surface area contributed by atoms with Gasteiger partial charge in [0.1, 0.15) is 0 Å². The monoisotopic (exact) mass is 307 g/mol. The zero-order valence-corrected chi connectivity index (χ0v) is 12.8. The summed E-state index contributed by atoms with van der Waals surface area (Å²) in [5, 5.41) is 4.90. The van der Waals surface area contributed by atoms with Crippen LogP contribution in [0.4, 0.5) is 0 Å². The van der Waals surface area contributed by atoms with Crippen molar-refractivity contribution in [3.8, 4) is 0 Å². The Morgan fingerprint density at radius 3 is 2.33 bits per heavy atom.